The van der Waals surface area contributed by atoms with Gasteiger partial charge < -0.3 is 14.2 Å². The number of likely N-dealkylation sites (N-methyl/N-ethyl adjacent to an activating group) is 1. The van der Waals surface area contributed by atoms with E-state index in [0.717, 1.165) is 36.5 Å². The highest BCUT2D eigenvalue weighted by molar-refractivity contribution is 5.81. The summed E-state index contributed by atoms with van der Waals surface area (Å²) in [5.41, 5.74) is 3.39. The number of nitrogens with zero attached hydrogens (tertiary/aromatic N) is 4. The molecule has 0 radical (unpaired) electrons. The lowest BCUT2D eigenvalue weighted by Crippen LogP contribution is -2.27. The molecule has 0 N–H and O–H groups in total. The van der Waals surface area contributed by atoms with Gasteiger partial charge in [0.05, 0.1) is 11.3 Å². The van der Waals surface area contributed by atoms with Crippen LogP contribution in [-0.4, -0.2) is 33.0 Å². The first-order valence-electron chi connectivity index (χ1n) is 7.45. The molecule has 22 heavy (non-hydrogen) atoms. The summed E-state index contributed by atoms with van der Waals surface area (Å²) in [5, 5.41) is 1.17. The molecule has 5 heteroatoms. The van der Waals surface area contributed by atoms with Crippen LogP contribution >= 0.6 is 0 Å². The van der Waals surface area contributed by atoms with E-state index in [4.69, 9.17) is 4.74 Å². The first-order valence-corrected chi connectivity index (χ1v) is 7.45. The summed E-state index contributed by atoms with van der Waals surface area (Å²) in [6.07, 6.45) is 4.60. The van der Waals surface area contributed by atoms with Gasteiger partial charge in [-0.2, -0.15) is 0 Å². The molecule has 0 unspecified atom stereocenters. The summed E-state index contributed by atoms with van der Waals surface area (Å²) >= 11 is 0. The topological polar surface area (TPSA) is 43.2 Å². The maximum absolute atomic E-state index is 6.06. The standard InChI is InChI=1S/C17H18N4O/c1-20-7-6-15-14(10-20)17(19-11-18-15)22-13-3-4-16-12(9-13)5-8-21(16)2/h3-5,8-9,11H,6-7,10H2,1-2H3. The Balaban J connectivity index is 1.70. The maximum atomic E-state index is 6.06. The van der Waals surface area contributed by atoms with E-state index in [1.165, 1.54) is 10.9 Å². The number of hydrogen-bond donors (Lipinski definition) is 0. The maximum Gasteiger partial charge on any atom is 0.227 e. The zero-order chi connectivity index (χ0) is 15.1. The van der Waals surface area contributed by atoms with Gasteiger partial charge in [-0.3, -0.25) is 0 Å². The quantitative estimate of drug-likeness (QED) is 0.729. The number of ether oxygens (including phenoxy) is 1. The zero-order valence-corrected chi connectivity index (χ0v) is 12.8. The van der Waals surface area contributed by atoms with E-state index in [-0.39, 0.29) is 0 Å². The first kappa shape index (κ1) is 13.3. The fraction of sp³-hybridized carbons (Fsp3) is 0.294. The van der Waals surface area contributed by atoms with Crippen molar-refractivity contribution in [1.82, 2.24) is 19.4 Å². The number of hydrogen-bond acceptors (Lipinski definition) is 4. The van der Waals surface area contributed by atoms with Crippen LogP contribution in [0.5, 0.6) is 11.6 Å². The van der Waals surface area contributed by atoms with Gasteiger partial charge in [-0.1, -0.05) is 0 Å². The van der Waals surface area contributed by atoms with Gasteiger partial charge in [0.1, 0.15) is 12.1 Å². The van der Waals surface area contributed by atoms with Crippen LogP contribution in [0.2, 0.25) is 0 Å². The smallest absolute Gasteiger partial charge is 0.227 e. The lowest BCUT2D eigenvalue weighted by atomic mass is 10.1. The van der Waals surface area contributed by atoms with Gasteiger partial charge >= 0.3 is 0 Å². The van der Waals surface area contributed by atoms with E-state index < -0.39 is 0 Å². The lowest BCUT2D eigenvalue weighted by molar-refractivity contribution is 0.300. The largest absolute Gasteiger partial charge is 0.439 e. The summed E-state index contributed by atoms with van der Waals surface area (Å²) in [5.74, 6) is 1.49. The number of aryl methyl sites for hydroxylation is 1. The van der Waals surface area contributed by atoms with Gasteiger partial charge in [0.2, 0.25) is 5.88 Å². The number of rotatable bonds is 2. The number of aromatic nitrogens is 3. The highest BCUT2D eigenvalue weighted by Gasteiger charge is 2.20. The van der Waals surface area contributed by atoms with Crippen molar-refractivity contribution in [2.75, 3.05) is 13.6 Å². The Bertz CT molecular complexity index is 840. The van der Waals surface area contributed by atoms with Gasteiger partial charge in [-0.15, -0.1) is 0 Å². The highest BCUT2D eigenvalue weighted by atomic mass is 16.5. The van der Waals surface area contributed by atoms with Gasteiger partial charge in [-0.05, 0) is 31.3 Å². The Morgan fingerprint density at radius 3 is 2.95 bits per heavy atom. The summed E-state index contributed by atoms with van der Waals surface area (Å²) in [6.45, 7) is 1.86. The van der Waals surface area contributed by atoms with Gasteiger partial charge in [0.15, 0.2) is 0 Å². The normalized spacial score (nSPS) is 15.0. The van der Waals surface area contributed by atoms with Crippen LogP contribution in [-0.2, 0) is 20.0 Å². The molecule has 0 aliphatic carbocycles. The molecule has 3 aromatic rings. The van der Waals surface area contributed by atoms with E-state index in [1.54, 1.807) is 6.33 Å². The SMILES string of the molecule is CN1CCc2ncnc(Oc3ccc4c(ccn4C)c3)c2C1. The summed E-state index contributed by atoms with van der Waals surface area (Å²) in [6, 6.07) is 8.20. The minimum absolute atomic E-state index is 0.673. The Morgan fingerprint density at radius 1 is 1.14 bits per heavy atom. The van der Waals surface area contributed by atoms with E-state index in [1.807, 2.05) is 13.1 Å². The van der Waals surface area contributed by atoms with E-state index >= 15 is 0 Å². The van der Waals surface area contributed by atoms with Crippen LogP contribution in [0.1, 0.15) is 11.3 Å². The molecule has 1 aliphatic rings. The second-order valence-corrected chi connectivity index (χ2v) is 5.84. The molecule has 0 spiro atoms. The summed E-state index contributed by atoms with van der Waals surface area (Å²) in [7, 11) is 4.15. The molecule has 0 bridgehead atoms. The van der Waals surface area contributed by atoms with E-state index in [9.17, 15) is 0 Å². The third kappa shape index (κ3) is 2.23. The monoisotopic (exact) mass is 294 g/mol. The van der Waals surface area contributed by atoms with Crippen molar-refractivity contribution in [3.63, 3.8) is 0 Å². The fourth-order valence-electron chi connectivity index (χ4n) is 2.97. The number of benzene rings is 1. The molecule has 5 nitrogen and oxygen atoms in total. The third-order valence-corrected chi connectivity index (χ3v) is 4.22. The average molecular weight is 294 g/mol. The fourth-order valence-corrected chi connectivity index (χ4v) is 2.97. The van der Waals surface area contributed by atoms with Gasteiger partial charge in [0, 0.05) is 43.7 Å². The van der Waals surface area contributed by atoms with Crippen molar-refractivity contribution < 1.29 is 4.74 Å². The van der Waals surface area contributed by atoms with E-state index in [0.29, 0.717) is 5.88 Å². The molecule has 3 heterocycles. The van der Waals surface area contributed by atoms with Gasteiger partial charge in [0.25, 0.3) is 0 Å². The summed E-state index contributed by atoms with van der Waals surface area (Å²) in [4.78, 5) is 11.0. The first-order chi connectivity index (χ1) is 10.7. The molecule has 4 rings (SSSR count). The molecular formula is C17H18N4O. The Hall–Kier alpha value is -2.40. The minimum atomic E-state index is 0.673. The zero-order valence-electron chi connectivity index (χ0n) is 12.8. The van der Waals surface area contributed by atoms with Crippen LogP contribution in [0.15, 0.2) is 36.8 Å². The van der Waals surface area contributed by atoms with Crippen molar-refractivity contribution >= 4 is 10.9 Å². The van der Waals surface area contributed by atoms with Crippen LogP contribution in [0.25, 0.3) is 10.9 Å². The van der Waals surface area contributed by atoms with Crippen LogP contribution < -0.4 is 4.74 Å². The average Bonchev–Trinajstić information content (AvgIpc) is 2.89. The van der Waals surface area contributed by atoms with Crippen molar-refractivity contribution in [2.45, 2.75) is 13.0 Å². The Labute approximate surface area is 129 Å². The van der Waals surface area contributed by atoms with Gasteiger partial charge in [-0.25, -0.2) is 9.97 Å². The highest BCUT2D eigenvalue weighted by Crippen LogP contribution is 2.30. The van der Waals surface area contributed by atoms with Crippen molar-refractivity contribution in [3.05, 3.63) is 48.0 Å². The van der Waals surface area contributed by atoms with Crippen molar-refractivity contribution in [2.24, 2.45) is 7.05 Å². The predicted molar refractivity (Wildman–Crippen MR) is 85.1 cm³/mol. The Kier molecular flexibility index (Phi) is 3.08. The van der Waals surface area contributed by atoms with E-state index in [2.05, 4.69) is 50.9 Å². The Morgan fingerprint density at radius 2 is 2.05 bits per heavy atom. The van der Waals surface area contributed by atoms with Crippen LogP contribution in [0, 0.1) is 0 Å². The molecule has 0 amide bonds. The molecule has 0 fully saturated rings. The molecule has 0 atom stereocenters. The second kappa shape index (κ2) is 5.10. The third-order valence-electron chi connectivity index (χ3n) is 4.22. The molecule has 2 aromatic heterocycles. The van der Waals surface area contributed by atoms with Crippen molar-refractivity contribution in [1.29, 1.82) is 0 Å². The summed E-state index contributed by atoms with van der Waals surface area (Å²) < 4.78 is 8.15. The van der Waals surface area contributed by atoms with Crippen molar-refractivity contribution in [3.8, 4) is 11.6 Å². The molecule has 0 saturated carbocycles. The molecular weight excluding hydrogens is 276 g/mol. The molecule has 0 saturated heterocycles. The minimum Gasteiger partial charge on any atom is -0.439 e. The number of fused-ring (bicyclic) bond motifs is 2. The second-order valence-electron chi connectivity index (χ2n) is 5.84. The lowest BCUT2D eigenvalue weighted by Gasteiger charge is -2.25. The van der Waals surface area contributed by atoms with Crippen LogP contribution in [0.3, 0.4) is 0 Å². The molecule has 1 aromatic carbocycles. The van der Waals surface area contributed by atoms with Crippen LogP contribution in [0.4, 0.5) is 0 Å². The molecule has 112 valence electrons. The predicted octanol–water partition coefficient (Wildman–Crippen LogP) is 2.75. The molecule has 1 aliphatic heterocycles.